The molecule has 1 N–H and O–H groups in total. The monoisotopic (exact) mass is 426 g/mol. The number of aliphatic hydroxyl groups is 1. The van der Waals surface area contributed by atoms with Crippen LogP contribution in [0.25, 0.3) is 0 Å². The van der Waals surface area contributed by atoms with E-state index < -0.39 is 5.60 Å². The lowest BCUT2D eigenvalue weighted by atomic mass is 9.45. The fraction of sp³-hybridized carbons (Fsp3) is 0.897. The third-order valence-electron chi connectivity index (χ3n) is 11.4. The van der Waals surface area contributed by atoms with Gasteiger partial charge in [-0.15, -0.1) is 0 Å². The Kier molecular flexibility index (Phi) is 5.14. The van der Waals surface area contributed by atoms with Crippen LogP contribution in [-0.4, -0.2) is 16.5 Å². The molecule has 0 aliphatic heterocycles. The van der Waals surface area contributed by atoms with Crippen molar-refractivity contribution in [1.82, 2.24) is 0 Å². The van der Waals surface area contributed by atoms with E-state index in [1.54, 1.807) is 5.57 Å². The number of carbonyl (C=O) groups excluding carboxylic acids is 1. The Balaban J connectivity index is 1.38. The number of carbonyl (C=O) groups is 1. The highest BCUT2D eigenvalue weighted by molar-refractivity contribution is 5.92. The van der Waals surface area contributed by atoms with E-state index in [1.165, 1.54) is 38.5 Å². The molecule has 4 saturated carbocycles. The van der Waals surface area contributed by atoms with Crippen LogP contribution in [0.5, 0.6) is 0 Å². The summed E-state index contributed by atoms with van der Waals surface area (Å²) in [6.45, 7) is 11.8. The molecule has 0 aromatic rings. The molecule has 2 nitrogen and oxygen atoms in total. The van der Waals surface area contributed by atoms with Crippen LogP contribution < -0.4 is 0 Å². The Morgan fingerprint density at radius 1 is 1.10 bits per heavy atom. The van der Waals surface area contributed by atoms with Crippen LogP contribution in [0, 0.1) is 45.8 Å². The van der Waals surface area contributed by atoms with Crippen LogP contribution in [0.3, 0.4) is 0 Å². The van der Waals surface area contributed by atoms with Crippen LogP contribution in [0.1, 0.15) is 112 Å². The summed E-state index contributed by atoms with van der Waals surface area (Å²) in [6, 6.07) is 0. The van der Waals surface area contributed by atoms with Gasteiger partial charge in [0.1, 0.15) is 5.78 Å². The predicted octanol–water partition coefficient (Wildman–Crippen LogP) is 7.10. The summed E-state index contributed by atoms with van der Waals surface area (Å²) in [5, 5.41) is 11.6. The number of fused-ring (bicyclic) bond motifs is 6. The highest BCUT2D eigenvalue weighted by Crippen LogP contribution is 2.72. The van der Waals surface area contributed by atoms with Crippen LogP contribution >= 0.6 is 0 Å². The van der Waals surface area contributed by atoms with Gasteiger partial charge in [0.05, 0.1) is 11.0 Å². The first-order valence-corrected chi connectivity index (χ1v) is 13.5. The van der Waals surface area contributed by atoms with E-state index in [0.717, 1.165) is 62.2 Å². The number of hydrogen-bond acceptors (Lipinski definition) is 2. The molecule has 0 heterocycles. The second-order valence-corrected chi connectivity index (χ2v) is 13.5. The lowest BCUT2D eigenvalue weighted by Crippen LogP contribution is -2.54. The highest BCUT2D eigenvalue weighted by atomic mass is 16.3. The van der Waals surface area contributed by atoms with Gasteiger partial charge in [-0.3, -0.25) is 4.79 Å². The van der Waals surface area contributed by atoms with Gasteiger partial charge < -0.3 is 5.11 Å². The predicted molar refractivity (Wildman–Crippen MR) is 127 cm³/mol. The van der Waals surface area contributed by atoms with E-state index in [-0.39, 0.29) is 16.2 Å². The smallest absolute Gasteiger partial charge is 0.143 e. The molecule has 0 aromatic carbocycles. The van der Waals surface area contributed by atoms with Gasteiger partial charge >= 0.3 is 0 Å². The quantitative estimate of drug-likeness (QED) is 0.476. The van der Waals surface area contributed by atoms with Gasteiger partial charge in [0.25, 0.3) is 0 Å². The molecule has 0 bridgehead atoms. The van der Waals surface area contributed by atoms with Crippen molar-refractivity contribution in [3.05, 3.63) is 11.6 Å². The highest BCUT2D eigenvalue weighted by Gasteiger charge is 2.66. The van der Waals surface area contributed by atoms with Gasteiger partial charge in [-0.1, -0.05) is 52.2 Å². The van der Waals surface area contributed by atoms with E-state index in [9.17, 15) is 9.90 Å². The first kappa shape index (κ1) is 22.2. The molecular formula is C29H46O2. The summed E-state index contributed by atoms with van der Waals surface area (Å²) in [7, 11) is 0. The second kappa shape index (κ2) is 7.18. The van der Waals surface area contributed by atoms with Crippen molar-refractivity contribution in [2.75, 3.05) is 0 Å². The average molecular weight is 427 g/mol. The summed E-state index contributed by atoms with van der Waals surface area (Å²) in [5.41, 5.74) is 1.55. The topological polar surface area (TPSA) is 37.3 Å². The molecule has 0 unspecified atom stereocenters. The van der Waals surface area contributed by atoms with Crippen LogP contribution in [0.2, 0.25) is 0 Å². The Labute approximate surface area is 190 Å². The Bertz CT molecular complexity index is 772. The van der Waals surface area contributed by atoms with E-state index in [2.05, 4.69) is 40.7 Å². The minimum atomic E-state index is -0.528. The molecule has 0 saturated heterocycles. The maximum Gasteiger partial charge on any atom is 0.143 e. The van der Waals surface area contributed by atoms with Crippen LogP contribution in [0.15, 0.2) is 11.6 Å². The van der Waals surface area contributed by atoms with Gasteiger partial charge in [0.2, 0.25) is 0 Å². The van der Waals surface area contributed by atoms with Crippen molar-refractivity contribution in [2.45, 2.75) is 117 Å². The maximum absolute atomic E-state index is 12.8. The van der Waals surface area contributed by atoms with Crippen molar-refractivity contribution in [1.29, 1.82) is 0 Å². The molecule has 31 heavy (non-hydrogen) atoms. The van der Waals surface area contributed by atoms with Crippen molar-refractivity contribution < 1.29 is 9.90 Å². The van der Waals surface area contributed by atoms with Crippen molar-refractivity contribution >= 4 is 5.78 Å². The van der Waals surface area contributed by atoms with Crippen molar-refractivity contribution in [3.8, 4) is 0 Å². The molecule has 174 valence electrons. The normalized spacial score (nSPS) is 45.0. The lowest BCUT2D eigenvalue weighted by Gasteiger charge is -2.59. The zero-order valence-corrected chi connectivity index (χ0v) is 20.8. The molecule has 0 radical (unpaired) electrons. The zero-order valence-electron chi connectivity index (χ0n) is 20.8. The molecule has 5 aliphatic rings. The Morgan fingerprint density at radius 2 is 1.84 bits per heavy atom. The fourth-order valence-corrected chi connectivity index (χ4v) is 9.66. The minimum absolute atomic E-state index is 0.0307. The molecule has 2 heteroatoms. The molecule has 0 aromatic heterocycles. The van der Waals surface area contributed by atoms with E-state index in [0.29, 0.717) is 11.7 Å². The minimum Gasteiger partial charge on any atom is -0.390 e. The summed E-state index contributed by atoms with van der Waals surface area (Å²) in [5.74, 6) is 3.97. The maximum atomic E-state index is 12.8. The van der Waals surface area contributed by atoms with E-state index in [1.807, 2.05) is 0 Å². The molecule has 1 spiro atoms. The van der Waals surface area contributed by atoms with Gasteiger partial charge in [-0.25, -0.2) is 0 Å². The number of ketones is 1. The molecular weight excluding hydrogens is 380 g/mol. The number of rotatable bonds is 5. The Morgan fingerprint density at radius 3 is 2.52 bits per heavy atom. The largest absolute Gasteiger partial charge is 0.390 e. The summed E-state index contributed by atoms with van der Waals surface area (Å²) < 4.78 is 0. The van der Waals surface area contributed by atoms with Gasteiger partial charge in [0, 0.05) is 6.42 Å². The molecule has 5 aliphatic carbocycles. The molecule has 0 amide bonds. The van der Waals surface area contributed by atoms with Crippen LogP contribution in [0.4, 0.5) is 0 Å². The molecule has 7 atom stereocenters. The number of hydrogen-bond donors (Lipinski definition) is 1. The van der Waals surface area contributed by atoms with E-state index in [4.69, 9.17) is 0 Å². The average Bonchev–Trinajstić information content (AvgIpc) is 3.39. The van der Waals surface area contributed by atoms with Gasteiger partial charge in [0.15, 0.2) is 0 Å². The van der Waals surface area contributed by atoms with Crippen molar-refractivity contribution in [2.24, 2.45) is 45.8 Å². The SMILES string of the molecule is CC(C)CCC[C@@](C)(O)[C@H]1CC[C@H]2[C@@H]3CC=C4C5(CC5)C(=O)CC[C@]4(C)[C@H]3CC[C@@]21C. The van der Waals surface area contributed by atoms with Crippen LogP contribution in [-0.2, 0) is 4.79 Å². The standard InChI is InChI=1S/C29H46O2/c1-19(2)7-6-14-28(5,31)23-11-9-21-20-8-10-24-27(4,22(20)12-15-26(21,23)3)16-13-25(30)29(24)17-18-29/h10,19-23,31H,6-9,11-18H2,1-5H3/t20-,21-,22-,23-,26-,27+,28+/m0/s1. The third-order valence-corrected chi connectivity index (χ3v) is 11.4. The first-order valence-electron chi connectivity index (χ1n) is 13.5. The first-order chi connectivity index (χ1) is 14.5. The number of allylic oxidation sites excluding steroid dienone is 2. The summed E-state index contributed by atoms with van der Waals surface area (Å²) in [6.07, 6.45) is 16.3. The fourth-order valence-electron chi connectivity index (χ4n) is 9.66. The second-order valence-electron chi connectivity index (χ2n) is 13.5. The van der Waals surface area contributed by atoms with Gasteiger partial charge in [-0.05, 0) is 105 Å². The lowest BCUT2D eigenvalue weighted by molar-refractivity contribution is -0.130. The Hall–Kier alpha value is -0.630. The summed E-state index contributed by atoms with van der Waals surface area (Å²) >= 11 is 0. The molecule has 4 fully saturated rings. The number of Topliss-reactive ketones (excluding diaryl/α,β-unsaturated/α-hetero) is 1. The van der Waals surface area contributed by atoms with Gasteiger partial charge in [-0.2, -0.15) is 0 Å². The molecule has 5 rings (SSSR count). The zero-order chi connectivity index (χ0) is 22.2. The van der Waals surface area contributed by atoms with E-state index >= 15 is 0 Å². The third kappa shape index (κ3) is 3.17. The summed E-state index contributed by atoms with van der Waals surface area (Å²) in [4.78, 5) is 12.8. The van der Waals surface area contributed by atoms with Crippen molar-refractivity contribution in [3.63, 3.8) is 0 Å².